The van der Waals surface area contributed by atoms with Gasteiger partial charge < -0.3 is 10.1 Å². The van der Waals surface area contributed by atoms with Crippen LogP contribution in [0.25, 0.3) is 27.6 Å². The highest BCUT2D eigenvalue weighted by molar-refractivity contribution is 6.21. The van der Waals surface area contributed by atoms with Crippen molar-refractivity contribution in [3.05, 3.63) is 65.4 Å². The van der Waals surface area contributed by atoms with E-state index in [9.17, 15) is 9.90 Å². The summed E-state index contributed by atoms with van der Waals surface area (Å²) in [5.41, 5.74) is 7.74. The maximum Gasteiger partial charge on any atom is 0.163 e. The van der Waals surface area contributed by atoms with Crippen molar-refractivity contribution in [3.63, 3.8) is 0 Å². The van der Waals surface area contributed by atoms with E-state index < -0.39 is 0 Å². The van der Waals surface area contributed by atoms with Crippen molar-refractivity contribution in [3.8, 4) is 11.1 Å². The molecule has 0 amide bonds. The molecule has 4 heteroatoms. The number of hydrogen-bond acceptors (Lipinski definition) is 3. The fourth-order valence-electron chi connectivity index (χ4n) is 5.45. The molecule has 4 nitrogen and oxygen atoms in total. The number of carbonyl (C=O) groups excluding carboxylic acids is 1. The maximum atomic E-state index is 12.7. The quantitative estimate of drug-likeness (QED) is 0.519. The van der Waals surface area contributed by atoms with Crippen LogP contribution in [0.2, 0.25) is 0 Å². The summed E-state index contributed by atoms with van der Waals surface area (Å²) in [6.07, 6.45) is 5.93. The summed E-state index contributed by atoms with van der Waals surface area (Å²) >= 11 is 0. The third-order valence-electron chi connectivity index (χ3n) is 7.31. The number of ketones is 1. The molecule has 1 aliphatic carbocycles. The molecule has 1 aromatic heterocycles. The normalized spacial score (nSPS) is 21.0. The summed E-state index contributed by atoms with van der Waals surface area (Å²) in [6, 6.07) is 15.6. The Labute approximate surface area is 196 Å². The summed E-state index contributed by atoms with van der Waals surface area (Å²) in [4.78, 5) is 18.6. The smallest absolute Gasteiger partial charge is 0.163 e. The number of allylic oxidation sites excluding steroid dienone is 2. The lowest BCUT2D eigenvalue weighted by atomic mass is 9.77. The van der Waals surface area contributed by atoms with Crippen LogP contribution in [0.4, 0.5) is 0 Å². The monoisotopic (exact) mass is 442 g/mol. The highest BCUT2D eigenvalue weighted by Gasteiger charge is 2.27. The molecule has 1 aliphatic heterocycles. The maximum absolute atomic E-state index is 12.7. The highest BCUT2D eigenvalue weighted by Crippen LogP contribution is 2.37. The van der Waals surface area contributed by atoms with Gasteiger partial charge in [0, 0.05) is 41.2 Å². The molecule has 2 aliphatic rings. The second-order valence-electron chi connectivity index (χ2n) is 10.6. The molecule has 2 aromatic carbocycles. The van der Waals surface area contributed by atoms with Gasteiger partial charge >= 0.3 is 0 Å². The van der Waals surface area contributed by atoms with Crippen molar-refractivity contribution in [2.24, 2.45) is 5.41 Å². The molecule has 33 heavy (non-hydrogen) atoms. The van der Waals surface area contributed by atoms with E-state index in [4.69, 9.17) is 0 Å². The largest absolute Gasteiger partial charge is 0.395 e. The fraction of sp³-hybridized carbons (Fsp3) is 0.414. The van der Waals surface area contributed by atoms with E-state index in [2.05, 4.69) is 79.2 Å². The minimum absolute atomic E-state index is 0.0535. The Morgan fingerprint density at radius 3 is 2.73 bits per heavy atom. The molecule has 0 unspecified atom stereocenters. The molecule has 3 aromatic rings. The van der Waals surface area contributed by atoms with E-state index in [0.717, 1.165) is 60.1 Å². The van der Waals surface area contributed by atoms with E-state index in [-0.39, 0.29) is 23.8 Å². The van der Waals surface area contributed by atoms with Gasteiger partial charge in [0.05, 0.1) is 6.61 Å². The predicted molar refractivity (Wildman–Crippen MR) is 135 cm³/mol. The van der Waals surface area contributed by atoms with E-state index in [0.29, 0.717) is 6.42 Å². The molecule has 0 bridgehead atoms. The topological polar surface area (TPSA) is 56.3 Å². The summed E-state index contributed by atoms with van der Waals surface area (Å²) in [5, 5.41) is 10.8. The number of fused-ring (bicyclic) bond motifs is 1. The van der Waals surface area contributed by atoms with Gasteiger partial charge in [-0.3, -0.25) is 9.69 Å². The minimum Gasteiger partial charge on any atom is -0.395 e. The average molecular weight is 443 g/mol. The molecule has 2 N–H and O–H groups in total. The first-order valence-electron chi connectivity index (χ1n) is 12.2. The number of Topliss-reactive ketones (excluding diaryl/α,β-unsaturated/α-hetero) is 1. The zero-order chi connectivity index (χ0) is 23.2. The number of rotatable bonds is 5. The minimum atomic E-state index is 0.0535. The lowest BCUT2D eigenvalue weighted by Gasteiger charge is -2.27. The van der Waals surface area contributed by atoms with Gasteiger partial charge in [0.15, 0.2) is 5.78 Å². The van der Waals surface area contributed by atoms with Crippen LogP contribution in [0.5, 0.6) is 0 Å². The zero-order valence-corrected chi connectivity index (χ0v) is 19.9. The first kappa shape index (κ1) is 22.1. The standard InChI is InChI=1S/C29H34N2O2/c1-19-11-21(14-22(12-19)26-16-29(2,3)9-8-28(26)33)20-6-7-27-23(13-20)15-24(30-27)17-31-10-4-5-25(31)18-32/h6-7,11-16,25,30,32H,4-5,8-10,17-18H2,1-3H3/t25-/m1/s1. The van der Waals surface area contributed by atoms with E-state index in [1.54, 1.807) is 0 Å². The van der Waals surface area contributed by atoms with Crippen LogP contribution in [0.1, 0.15) is 56.4 Å². The Morgan fingerprint density at radius 2 is 1.91 bits per heavy atom. The van der Waals surface area contributed by atoms with Crippen molar-refractivity contribution in [2.75, 3.05) is 13.2 Å². The zero-order valence-electron chi connectivity index (χ0n) is 19.9. The van der Waals surface area contributed by atoms with E-state index in [1.165, 1.54) is 16.6 Å². The Kier molecular flexibility index (Phi) is 5.75. The number of nitrogens with zero attached hydrogens (tertiary/aromatic N) is 1. The number of aromatic nitrogens is 1. The van der Waals surface area contributed by atoms with Crippen molar-refractivity contribution in [2.45, 2.75) is 59.0 Å². The van der Waals surface area contributed by atoms with Crippen LogP contribution >= 0.6 is 0 Å². The van der Waals surface area contributed by atoms with Gasteiger partial charge in [0.25, 0.3) is 0 Å². The Morgan fingerprint density at radius 1 is 1.09 bits per heavy atom. The van der Waals surface area contributed by atoms with Crippen LogP contribution in [0, 0.1) is 12.3 Å². The van der Waals surface area contributed by atoms with Crippen molar-refractivity contribution < 1.29 is 9.90 Å². The number of aryl methyl sites for hydroxylation is 1. The van der Waals surface area contributed by atoms with Gasteiger partial charge in [-0.2, -0.15) is 0 Å². The number of aliphatic hydroxyl groups excluding tert-OH is 1. The highest BCUT2D eigenvalue weighted by atomic mass is 16.3. The van der Waals surface area contributed by atoms with Crippen LogP contribution < -0.4 is 0 Å². The molecule has 0 radical (unpaired) electrons. The van der Waals surface area contributed by atoms with Gasteiger partial charge in [-0.15, -0.1) is 0 Å². The second-order valence-corrected chi connectivity index (χ2v) is 10.6. The molecule has 0 spiro atoms. The Balaban J connectivity index is 1.47. The Bertz CT molecular complexity index is 1230. The van der Waals surface area contributed by atoms with Crippen LogP contribution in [0.3, 0.4) is 0 Å². The SMILES string of the molecule is Cc1cc(C2=CC(C)(C)CCC2=O)cc(-c2ccc3[nH]c(CN4CCC[C@@H]4CO)cc3c2)c1. The van der Waals surface area contributed by atoms with E-state index >= 15 is 0 Å². The lowest BCUT2D eigenvalue weighted by Crippen LogP contribution is -2.31. The summed E-state index contributed by atoms with van der Waals surface area (Å²) in [6.45, 7) is 8.64. The number of likely N-dealkylation sites (tertiary alicyclic amines) is 1. The number of H-pyrrole nitrogens is 1. The number of aromatic amines is 1. The molecule has 0 saturated carbocycles. The summed E-state index contributed by atoms with van der Waals surface area (Å²) < 4.78 is 0. The lowest BCUT2D eigenvalue weighted by molar-refractivity contribution is -0.114. The molecule has 2 heterocycles. The van der Waals surface area contributed by atoms with Gasteiger partial charge in [-0.1, -0.05) is 38.1 Å². The van der Waals surface area contributed by atoms with Crippen LogP contribution in [-0.4, -0.2) is 40.0 Å². The Hall–Kier alpha value is -2.69. The number of aliphatic hydroxyl groups is 1. The summed E-state index contributed by atoms with van der Waals surface area (Å²) in [7, 11) is 0. The summed E-state index contributed by atoms with van der Waals surface area (Å²) in [5.74, 6) is 0.250. The van der Waals surface area contributed by atoms with Crippen LogP contribution in [-0.2, 0) is 11.3 Å². The van der Waals surface area contributed by atoms with Crippen LogP contribution in [0.15, 0.2) is 48.5 Å². The van der Waals surface area contributed by atoms with Gasteiger partial charge in [-0.05, 0) is 84.7 Å². The number of carbonyl (C=O) groups is 1. The molecule has 1 saturated heterocycles. The number of benzene rings is 2. The average Bonchev–Trinajstić information content (AvgIpc) is 3.40. The molecule has 5 rings (SSSR count). The van der Waals surface area contributed by atoms with E-state index in [1.807, 2.05) is 0 Å². The molecular weight excluding hydrogens is 408 g/mol. The molecule has 172 valence electrons. The molecule has 1 atom stereocenters. The third kappa shape index (κ3) is 4.55. The van der Waals surface area contributed by atoms with Crippen molar-refractivity contribution in [1.82, 2.24) is 9.88 Å². The van der Waals surface area contributed by atoms with Gasteiger partial charge in [0.2, 0.25) is 0 Å². The van der Waals surface area contributed by atoms with Gasteiger partial charge in [-0.25, -0.2) is 0 Å². The number of nitrogens with one attached hydrogen (secondary N) is 1. The second kappa shape index (κ2) is 8.58. The molecular formula is C29H34N2O2. The fourth-order valence-corrected chi connectivity index (χ4v) is 5.45. The first-order chi connectivity index (χ1) is 15.8. The van der Waals surface area contributed by atoms with Crippen molar-refractivity contribution in [1.29, 1.82) is 0 Å². The molecule has 1 fully saturated rings. The van der Waals surface area contributed by atoms with Gasteiger partial charge in [0.1, 0.15) is 0 Å². The number of hydrogen-bond donors (Lipinski definition) is 2. The third-order valence-corrected chi connectivity index (χ3v) is 7.31. The van der Waals surface area contributed by atoms with Crippen molar-refractivity contribution >= 4 is 22.3 Å². The first-order valence-corrected chi connectivity index (χ1v) is 12.2. The predicted octanol–water partition coefficient (Wildman–Crippen LogP) is 5.87.